The van der Waals surface area contributed by atoms with Gasteiger partial charge in [0.15, 0.2) is 11.5 Å². The molecule has 1 aromatic carbocycles. The Balaban J connectivity index is 2.85. The van der Waals surface area contributed by atoms with E-state index in [-0.39, 0.29) is 27.5 Å². The number of carboxylic acids is 1. The molecule has 144 valence electrons. The third-order valence-corrected chi connectivity index (χ3v) is 4.64. The van der Waals surface area contributed by atoms with Crippen LogP contribution in [0.2, 0.25) is 0 Å². The number of methoxy groups -OCH3 is 3. The van der Waals surface area contributed by atoms with E-state index in [1.807, 2.05) is 12.1 Å². The van der Waals surface area contributed by atoms with E-state index in [1.54, 1.807) is 12.1 Å². The zero-order valence-electron chi connectivity index (χ0n) is 15.2. The summed E-state index contributed by atoms with van der Waals surface area (Å²) in [6, 6.07) is 7.04. The number of anilines is 1. The third-order valence-electron chi connectivity index (χ3n) is 3.70. The number of hydrogen-bond donors (Lipinski definition) is 1. The maximum absolute atomic E-state index is 10.8. The Labute approximate surface area is 165 Å². The number of nitriles is 2. The van der Waals surface area contributed by atoms with Crippen LogP contribution in [-0.2, 0) is 4.79 Å². The predicted octanol–water partition coefficient (Wildman–Crippen LogP) is 0.942. The molecule has 0 saturated heterocycles. The number of thioether (sulfide) groups is 1. The van der Waals surface area contributed by atoms with Crippen LogP contribution in [0.3, 0.4) is 0 Å². The number of nitrogens with zero attached hydrogens (tertiary/aromatic N) is 3. The van der Waals surface area contributed by atoms with Gasteiger partial charge < -0.3 is 29.8 Å². The number of hydrogen-bond acceptors (Lipinski definition) is 10. The summed E-state index contributed by atoms with van der Waals surface area (Å²) in [7, 11) is 4.31. The normalized spacial score (nSPS) is 9.89. The molecule has 1 heterocycles. The Kier molecular flexibility index (Phi) is 6.53. The molecule has 0 amide bonds. The molecule has 0 aliphatic heterocycles. The molecular formula is C18H15N4O5S-. The third kappa shape index (κ3) is 3.87. The van der Waals surface area contributed by atoms with Gasteiger partial charge in [-0.15, -0.1) is 0 Å². The van der Waals surface area contributed by atoms with Crippen LogP contribution in [0.5, 0.6) is 17.2 Å². The molecule has 0 atom stereocenters. The van der Waals surface area contributed by atoms with Crippen LogP contribution in [0, 0.1) is 22.7 Å². The number of carbonyl (C=O) groups is 1. The van der Waals surface area contributed by atoms with Gasteiger partial charge in [0, 0.05) is 11.3 Å². The van der Waals surface area contributed by atoms with Crippen LogP contribution in [0.25, 0.3) is 11.1 Å². The van der Waals surface area contributed by atoms with Gasteiger partial charge in [-0.2, -0.15) is 10.5 Å². The lowest BCUT2D eigenvalue weighted by molar-refractivity contribution is -0.301. The summed E-state index contributed by atoms with van der Waals surface area (Å²) in [6.45, 7) is 0. The number of aliphatic carboxylic acids is 1. The van der Waals surface area contributed by atoms with Crippen LogP contribution in [0.15, 0.2) is 17.2 Å². The zero-order chi connectivity index (χ0) is 20.8. The van der Waals surface area contributed by atoms with Gasteiger partial charge in [0.2, 0.25) is 5.75 Å². The van der Waals surface area contributed by atoms with Gasteiger partial charge in [0.25, 0.3) is 0 Å². The molecule has 9 nitrogen and oxygen atoms in total. The number of carboxylic acid groups (broad SMARTS) is 1. The zero-order valence-corrected chi connectivity index (χ0v) is 16.0. The first-order chi connectivity index (χ1) is 13.4. The van der Waals surface area contributed by atoms with Gasteiger partial charge >= 0.3 is 0 Å². The fraction of sp³-hybridized carbons (Fsp3) is 0.222. The summed E-state index contributed by atoms with van der Waals surface area (Å²) in [4.78, 5) is 14.8. The van der Waals surface area contributed by atoms with E-state index in [2.05, 4.69) is 4.98 Å². The van der Waals surface area contributed by atoms with Crippen LogP contribution in [0.4, 0.5) is 5.82 Å². The second kappa shape index (κ2) is 8.84. The lowest BCUT2D eigenvalue weighted by Gasteiger charge is -2.17. The molecule has 0 aliphatic carbocycles. The highest BCUT2D eigenvalue weighted by atomic mass is 32.2. The number of nitrogen functional groups attached to an aromatic ring is 1. The Hall–Kier alpha value is -3.63. The Bertz CT molecular complexity index is 985. The van der Waals surface area contributed by atoms with Gasteiger partial charge in [-0.1, -0.05) is 11.8 Å². The topological polar surface area (TPSA) is 154 Å². The molecular weight excluding hydrogens is 384 g/mol. The molecule has 2 rings (SSSR count). The van der Waals surface area contributed by atoms with Crippen molar-refractivity contribution in [2.24, 2.45) is 0 Å². The summed E-state index contributed by atoms with van der Waals surface area (Å²) >= 11 is 0.777. The standard InChI is InChI=1S/C18H16N4O5S/c1-25-12-4-9(5-13(26-2)16(12)27-3)15-10(6-19)17(21)22-18(11(15)7-20)28-8-14(23)24/h4-5H,8H2,1-3H3,(H2,21,22)(H,23,24)/p-1. The molecule has 0 aliphatic rings. The molecule has 2 N–H and O–H groups in total. The Morgan fingerprint density at radius 3 is 2.14 bits per heavy atom. The summed E-state index contributed by atoms with van der Waals surface area (Å²) in [5.41, 5.74) is 6.46. The van der Waals surface area contributed by atoms with Crippen molar-refractivity contribution in [3.63, 3.8) is 0 Å². The molecule has 0 bridgehead atoms. The van der Waals surface area contributed by atoms with Crippen molar-refractivity contribution < 1.29 is 24.1 Å². The molecule has 0 spiro atoms. The first-order valence-electron chi connectivity index (χ1n) is 7.68. The summed E-state index contributed by atoms with van der Waals surface area (Å²) < 4.78 is 15.9. The van der Waals surface area contributed by atoms with E-state index in [0.29, 0.717) is 22.8 Å². The van der Waals surface area contributed by atoms with Crippen molar-refractivity contribution in [2.45, 2.75) is 5.03 Å². The smallest absolute Gasteiger partial charge is 0.203 e. The molecule has 0 fully saturated rings. The van der Waals surface area contributed by atoms with E-state index in [4.69, 9.17) is 19.9 Å². The van der Waals surface area contributed by atoms with Crippen molar-refractivity contribution in [2.75, 3.05) is 32.8 Å². The number of ether oxygens (including phenoxy) is 3. The molecule has 10 heteroatoms. The lowest BCUT2D eigenvalue weighted by Crippen LogP contribution is -2.24. The highest BCUT2D eigenvalue weighted by Crippen LogP contribution is 2.44. The fourth-order valence-corrected chi connectivity index (χ4v) is 3.25. The van der Waals surface area contributed by atoms with E-state index < -0.39 is 11.7 Å². The quantitative estimate of drug-likeness (QED) is 0.665. The average molecular weight is 399 g/mol. The van der Waals surface area contributed by atoms with Gasteiger partial charge in [-0.25, -0.2) is 4.98 Å². The van der Waals surface area contributed by atoms with E-state index >= 15 is 0 Å². The van der Waals surface area contributed by atoms with Gasteiger partial charge in [0.05, 0.1) is 32.9 Å². The van der Waals surface area contributed by atoms with Crippen LogP contribution in [-0.4, -0.2) is 38.0 Å². The fourth-order valence-electron chi connectivity index (χ4n) is 2.54. The number of pyridine rings is 1. The summed E-state index contributed by atoms with van der Waals surface area (Å²) in [5, 5.41) is 30.1. The van der Waals surface area contributed by atoms with Gasteiger partial charge in [-0.05, 0) is 17.7 Å². The Morgan fingerprint density at radius 1 is 1.14 bits per heavy atom. The maximum atomic E-state index is 10.8. The molecule has 0 unspecified atom stereocenters. The maximum Gasteiger partial charge on any atom is 0.203 e. The largest absolute Gasteiger partial charge is 0.549 e. The van der Waals surface area contributed by atoms with Crippen molar-refractivity contribution in [3.8, 4) is 40.5 Å². The van der Waals surface area contributed by atoms with Crippen molar-refractivity contribution in [1.29, 1.82) is 10.5 Å². The molecule has 2 aromatic rings. The summed E-state index contributed by atoms with van der Waals surface area (Å²) in [5.74, 6) is -0.937. The Morgan fingerprint density at radius 2 is 1.71 bits per heavy atom. The second-order valence-corrected chi connectivity index (χ2v) is 6.19. The van der Waals surface area contributed by atoms with E-state index in [0.717, 1.165) is 11.8 Å². The van der Waals surface area contributed by atoms with Crippen molar-refractivity contribution in [3.05, 3.63) is 23.3 Å². The van der Waals surface area contributed by atoms with E-state index in [1.165, 1.54) is 21.3 Å². The average Bonchev–Trinajstić information content (AvgIpc) is 2.70. The second-order valence-electron chi connectivity index (χ2n) is 5.23. The number of aromatic nitrogens is 1. The minimum atomic E-state index is -1.33. The SMILES string of the molecule is COc1cc(-c2c(C#N)c(N)nc(SCC(=O)[O-])c2C#N)cc(OC)c1OC. The summed E-state index contributed by atoms with van der Waals surface area (Å²) in [6.07, 6.45) is 0. The molecule has 1 aromatic heterocycles. The van der Waals surface area contributed by atoms with Gasteiger partial charge in [0.1, 0.15) is 28.5 Å². The van der Waals surface area contributed by atoms with E-state index in [9.17, 15) is 20.4 Å². The van der Waals surface area contributed by atoms with Crippen molar-refractivity contribution >= 4 is 23.5 Å². The van der Waals surface area contributed by atoms with Crippen LogP contribution in [0.1, 0.15) is 11.1 Å². The minimum Gasteiger partial charge on any atom is -0.549 e. The monoisotopic (exact) mass is 399 g/mol. The number of benzene rings is 1. The van der Waals surface area contributed by atoms with Crippen molar-refractivity contribution in [1.82, 2.24) is 4.98 Å². The van der Waals surface area contributed by atoms with Gasteiger partial charge in [-0.3, -0.25) is 0 Å². The number of rotatable bonds is 7. The highest BCUT2D eigenvalue weighted by Gasteiger charge is 2.23. The molecule has 28 heavy (non-hydrogen) atoms. The molecule has 0 saturated carbocycles. The molecule has 0 radical (unpaired) electrons. The lowest BCUT2D eigenvalue weighted by atomic mass is 9.96. The number of nitrogens with two attached hydrogens (primary N) is 1. The first-order valence-corrected chi connectivity index (χ1v) is 8.67. The number of carbonyl (C=O) groups excluding carboxylic acids is 1. The predicted molar refractivity (Wildman–Crippen MR) is 98.9 cm³/mol. The highest BCUT2D eigenvalue weighted by molar-refractivity contribution is 7.99. The van der Waals surface area contributed by atoms with Crippen LogP contribution < -0.4 is 25.1 Å². The minimum absolute atomic E-state index is 0.00581. The first kappa shape index (κ1) is 20.7. The van der Waals surface area contributed by atoms with Crippen LogP contribution >= 0.6 is 11.8 Å².